The predicted molar refractivity (Wildman–Crippen MR) is 81.6 cm³/mol. The van der Waals surface area contributed by atoms with Crippen molar-refractivity contribution in [2.75, 3.05) is 19.6 Å². The minimum absolute atomic E-state index is 0.245. The molecular formula is C17H21N3. The number of likely N-dealkylation sites (N-methyl/N-ethyl adjacent to an activating group) is 1. The first-order chi connectivity index (χ1) is 9.90. The maximum absolute atomic E-state index is 4.60. The number of pyridine rings is 1. The molecule has 1 aromatic carbocycles. The summed E-state index contributed by atoms with van der Waals surface area (Å²) in [7, 11) is 0. The van der Waals surface area contributed by atoms with Crippen molar-refractivity contribution in [2.24, 2.45) is 0 Å². The first kappa shape index (κ1) is 13.3. The predicted octanol–water partition coefficient (Wildman–Crippen LogP) is 2.46. The summed E-state index contributed by atoms with van der Waals surface area (Å²) in [5.74, 6) is 0. The van der Waals surface area contributed by atoms with E-state index < -0.39 is 0 Å². The van der Waals surface area contributed by atoms with Gasteiger partial charge in [-0.25, -0.2) is 0 Å². The summed E-state index contributed by atoms with van der Waals surface area (Å²) in [5, 5.41) is 3.37. The molecule has 1 N–H and O–H groups in total. The van der Waals surface area contributed by atoms with Gasteiger partial charge in [0.1, 0.15) is 0 Å². The fraction of sp³-hybridized carbons (Fsp3) is 0.353. The second-order valence-electron chi connectivity index (χ2n) is 5.21. The highest BCUT2D eigenvalue weighted by atomic mass is 15.3. The van der Waals surface area contributed by atoms with Crippen LogP contribution in [0.3, 0.4) is 0 Å². The van der Waals surface area contributed by atoms with E-state index in [0.29, 0.717) is 6.04 Å². The first-order valence-electron chi connectivity index (χ1n) is 7.32. The third kappa shape index (κ3) is 2.60. The second kappa shape index (κ2) is 6.16. The molecule has 0 saturated carbocycles. The van der Waals surface area contributed by atoms with E-state index in [9.17, 15) is 0 Å². The third-order valence-corrected chi connectivity index (χ3v) is 4.01. The summed E-state index contributed by atoms with van der Waals surface area (Å²) in [6.45, 7) is 5.41. The molecule has 0 radical (unpaired) electrons. The zero-order valence-electron chi connectivity index (χ0n) is 11.9. The fourth-order valence-corrected chi connectivity index (χ4v) is 2.86. The number of aromatic nitrogens is 1. The average molecular weight is 267 g/mol. The van der Waals surface area contributed by atoms with Gasteiger partial charge in [0.15, 0.2) is 0 Å². The molecule has 1 atom stereocenters. The average Bonchev–Trinajstić information content (AvgIpc) is 2.47. The van der Waals surface area contributed by atoms with Crippen LogP contribution in [-0.2, 0) is 0 Å². The molecule has 3 nitrogen and oxygen atoms in total. The summed E-state index contributed by atoms with van der Waals surface area (Å²) < 4.78 is 0. The molecule has 104 valence electrons. The molecule has 2 heterocycles. The Morgan fingerprint density at radius 2 is 1.90 bits per heavy atom. The Balaban J connectivity index is 1.98. The smallest absolute Gasteiger partial charge is 0.0779 e. The lowest BCUT2D eigenvalue weighted by Crippen LogP contribution is -2.58. The van der Waals surface area contributed by atoms with Crippen LogP contribution in [0.15, 0.2) is 54.7 Å². The highest BCUT2D eigenvalue weighted by Crippen LogP contribution is 2.29. The topological polar surface area (TPSA) is 28.2 Å². The van der Waals surface area contributed by atoms with Crippen LogP contribution in [0.5, 0.6) is 0 Å². The standard InChI is InChI=1S/C17H21N3/c1-2-20(15-12-18-13-15)17(14-8-4-3-5-9-14)16-10-6-7-11-19-16/h3-11,15,17-18H,2,12-13H2,1H3. The van der Waals surface area contributed by atoms with Gasteiger partial charge in [-0.1, -0.05) is 43.3 Å². The van der Waals surface area contributed by atoms with Gasteiger partial charge < -0.3 is 5.32 Å². The van der Waals surface area contributed by atoms with Crippen molar-refractivity contribution >= 4 is 0 Å². The van der Waals surface area contributed by atoms with E-state index in [4.69, 9.17) is 0 Å². The van der Waals surface area contributed by atoms with Crippen LogP contribution >= 0.6 is 0 Å². The van der Waals surface area contributed by atoms with Crippen molar-refractivity contribution in [3.05, 3.63) is 66.0 Å². The monoisotopic (exact) mass is 267 g/mol. The molecular weight excluding hydrogens is 246 g/mol. The van der Waals surface area contributed by atoms with E-state index in [-0.39, 0.29) is 6.04 Å². The molecule has 1 aromatic heterocycles. The van der Waals surface area contributed by atoms with E-state index in [1.165, 1.54) is 5.56 Å². The Kier molecular flexibility index (Phi) is 4.09. The Morgan fingerprint density at radius 3 is 2.45 bits per heavy atom. The molecule has 1 aliphatic heterocycles. The molecule has 0 amide bonds. The van der Waals surface area contributed by atoms with Gasteiger partial charge in [-0.3, -0.25) is 9.88 Å². The van der Waals surface area contributed by atoms with E-state index in [1.54, 1.807) is 0 Å². The van der Waals surface area contributed by atoms with Crippen LogP contribution in [0.4, 0.5) is 0 Å². The van der Waals surface area contributed by atoms with Gasteiger partial charge in [0, 0.05) is 25.3 Å². The molecule has 1 saturated heterocycles. The van der Waals surface area contributed by atoms with Crippen molar-refractivity contribution in [3.63, 3.8) is 0 Å². The second-order valence-corrected chi connectivity index (χ2v) is 5.21. The van der Waals surface area contributed by atoms with E-state index in [2.05, 4.69) is 64.6 Å². The van der Waals surface area contributed by atoms with Crippen LogP contribution in [-0.4, -0.2) is 35.6 Å². The molecule has 1 unspecified atom stereocenters. The molecule has 0 aliphatic carbocycles. The lowest BCUT2D eigenvalue weighted by molar-refractivity contribution is 0.117. The number of hydrogen-bond donors (Lipinski definition) is 1. The van der Waals surface area contributed by atoms with Crippen LogP contribution in [0.2, 0.25) is 0 Å². The van der Waals surface area contributed by atoms with Crippen LogP contribution in [0, 0.1) is 0 Å². The van der Waals surface area contributed by atoms with Crippen LogP contribution in [0.25, 0.3) is 0 Å². The zero-order chi connectivity index (χ0) is 13.8. The van der Waals surface area contributed by atoms with Crippen molar-refractivity contribution in [1.29, 1.82) is 0 Å². The molecule has 2 aromatic rings. The zero-order valence-corrected chi connectivity index (χ0v) is 11.9. The maximum Gasteiger partial charge on any atom is 0.0779 e. The van der Waals surface area contributed by atoms with Gasteiger partial charge in [0.25, 0.3) is 0 Å². The Hall–Kier alpha value is -1.71. The minimum Gasteiger partial charge on any atom is -0.314 e. The SMILES string of the molecule is CCN(C1CNC1)C(c1ccccc1)c1ccccn1. The lowest BCUT2D eigenvalue weighted by Gasteiger charge is -2.42. The molecule has 1 aliphatic rings. The van der Waals surface area contributed by atoms with Crippen molar-refractivity contribution in [2.45, 2.75) is 19.0 Å². The van der Waals surface area contributed by atoms with Gasteiger partial charge >= 0.3 is 0 Å². The highest BCUT2D eigenvalue weighted by Gasteiger charge is 2.31. The van der Waals surface area contributed by atoms with Gasteiger partial charge in [-0.15, -0.1) is 0 Å². The van der Waals surface area contributed by atoms with Gasteiger partial charge in [0.2, 0.25) is 0 Å². The molecule has 0 spiro atoms. The first-order valence-corrected chi connectivity index (χ1v) is 7.32. The largest absolute Gasteiger partial charge is 0.314 e. The van der Waals surface area contributed by atoms with Gasteiger partial charge in [-0.2, -0.15) is 0 Å². The normalized spacial score (nSPS) is 16.9. The van der Waals surface area contributed by atoms with E-state index in [0.717, 1.165) is 25.3 Å². The van der Waals surface area contributed by atoms with Crippen molar-refractivity contribution < 1.29 is 0 Å². The summed E-state index contributed by atoms with van der Waals surface area (Å²) >= 11 is 0. The Bertz CT molecular complexity index is 483. The minimum atomic E-state index is 0.245. The lowest BCUT2D eigenvalue weighted by atomic mass is 9.97. The summed E-state index contributed by atoms with van der Waals surface area (Å²) in [6, 6.07) is 17.7. The van der Waals surface area contributed by atoms with Crippen LogP contribution < -0.4 is 5.32 Å². The van der Waals surface area contributed by atoms with E-state index in [1.807, 2.05) is 12.3 Å². The van der Waals surface area contributed by atoms with Crippen molar-refractivity contribution in [1.82, 2.24) is 15.2 Å². The van der Waals surface area contributed by atoms with Gasteiger partial charge in [0.05, 0.1) is 11.7 Å². The third-order valence-electron chi connectivity index (χ3n) is 4.01. The summed E-state index contributed by atoms with van der Waals surface area (Å²) in [4.78, 5) is 7.15. The molecule has 20 heavy (non-hydrogen) atoms. The summed E-state index contributed by atoms with van der Waals surface area (Å²) in [5.41, 5.74) is 2.45. The molecule has 3 heteroatoms. The number of nitrogens with zero attached hydrogens (tertiary/aromatic N) is 2. The fourth-order valence-electron chi connectivity index (χ4n) is 2.86. The number of benzene rings is 1. The van der Waals surface area contributed by atoms with Gasteiger partial charge in [-0.05, 0) is 24.2 Å². The highest BCUT2D eigenvalue weighted by molar-refractivity contribution is 5.28. The Morgan fingerprint density at radius 1 is 1.15 bits per heavy atom. The molecule has 0 bridgehead atoms. The quantitative estimate of drug-likeness (QED) is 0.902. The maximum atomic E-state index is 4.60. The Labute approximate surface area is 120 Å². The molecule has 1 fully saturated rings. The number of hydrogen-bond acceptors (Lipinski definition) is 3. The van der Waals surface area contributed by atoms with E-state index >= 15 is 0 Å². The molecule has 3 rings (SSSR count). The van der Waals surface area contributed by atoms with Crippen molar-refractivity contribution in [3.8, 4) is 0 Å². The van der Waals surface area contributed by atoms with Crippen LogP contribution in [0.1, 0.15) is 24.2 Å². The number of nitrogens with one attached hydrogen (secondary N) is 1. The summed E-state index contributed by atoms with van der Waals surface area (Å²) in [6.07, 6.45) is 1.89. The number of rotatable bonds is 5.